The quantitative estimate of drug-likeness (QED) is 0.403. The van der Waals surface area contributed by atoms with E-state index in [0.29, 0.717) is 31.3 Å². The first kappa shape index (κ1) is 21.5. The van der Waals surface area contributed by atoms with Crippen LogP contribution in [0.15, 0.2) is 24.3 Å². The van der Waals surface area contributed by atoms with Gasteiger partial charge in [0.2, 0.25) is 0 Å². The molecule has 1 aromatic carbocycles. The molecule has 0 saturated heterocycles. The van der Waals surface area contributed by atoms with Gasteiger partial charge in [-0.05, 0) is 36.6 Å². The number of carbonyl (C=O) groups excluding carboxylic acids is 1. The van der Waals surface area contributed by atoms with E-state index in [1.165, 1.54) is 0 Å². The van der Waals surface area contributed by atoms with Crippen LogP contribution in [0.2, 0.25) is 0 Å². The van der Waals surface area contributed by atoms with Gasteiger partial charge in [-0.15, -0.1) is 0 Å². The second kappa shape index (κ2) is 13.7. The maximum Gasteiger partial charge on any atom is 0.338 e. The fourth-order valence-corrected chi connectivity index (χ4v) is 2.03. The van der Waals surface area contributed by atoms with Crippen molar-refractivity contribution < 1.29 is 19.0 Å². The summed E-state index contributed by atoms with van der Waals surface area (Å²) in [6.45, 7) is 9.90. The minimum absolute atomic E-state index is 0.251. The van der Waals surface area contributed by atoms with Gasteiger partial charge >= 0.3 is 5.97 Å². The largest absolute Gasteiger partial charge is 0.460 e. The van der Waals surface area contributed by atoms with Crippen molar-refractivity contribution in [2.75, 3.05) is 44.9 Å². The summed E-state index contributed by atoms with van der Waals surface area (Å²) in [7, 11) is 0. The van der Waals surface area contributed by atoms with E-state index in [2.05, 4.69) is 26.1 Å². The van der Waals surface area contributed by atoms with Crippen LogP contribution >= 0.6 is 0 Å². The highest BCUT2D eigenvalue weighted by Gasteiger charge is 2.06. The molecule has 1 aromatic rings. The van der Waals surface area contributed by atoms with Gasteiger partial charge in [-0.25, -0.2) is 4.79 Å². The molecule has 1 N–H and O–H groups in total. The third kappa shape index (κ3) is 10.1. The van der Waals surface area contributed by atoms with Crippen molar-refractivity contribution in [3.05, 3.63) is 29.8 Å². The Bertz CT molecular complexity index is 461. The first-order chi connectivity index (χ1) is 12.2. The molecule has 5 nitrogen and oxygen atoms in total. The number of rotatable bonds is 14. The Labute approximate surface area is 152 Å². The van der Waals surface area contributed by atoms with Gasteiger partial charge in [0.15, 0.2) is 0 Å². The van der Waals surface area contributed by atoms with E-state index in [-0.39, 0.29) is 12.6 Å². The van der Waals surface area contributed by atoms with Gasteiger partial charge in [0.05, 0.1) is 25.4 Å². The molecule has 0 saturated carbocycles. The minimum atomic E-state index is -0.322. The molecule has 1 rings (SSSR count). The summed E-state index contributed by atoms with van der Waals surface area (Å²) in [4.78, 5) is 11.9. The van der Waals surface area contributed by atoms with Gasteiger partial charge in [-0.2, -0.15) is 0 Å². The number of hydrogen-bond donors (Lipinski definition) is 1. The highest BCUT2D eigenvalue weighted by Crippen LogP contribution is 2.10. The van der Waals surface area contributed by atoms with Crippen LogP contribution in [0.25, 0.3) is 0 Å². The molecule has 5 heteroatoms. The van der Waals surface area contributed by atoms with Crippen molar-refractivity contribution in [1.82, 2.24) is 0 Å². The summed E-state index contributed by atoms with van der Waals surface area (Å²) >= 11 is 0. The number of hydrogen-bond acceptors (Lipinski definition) is 5. The van der Waals surface area contributed by atoms with E-state index in [4.69, 9.17) is 14.2 Å². The Kier molecular flexibility index (Phi) is 11.7. The fourth-order valence-electron chi connectivity index (χ4n) is 2.03. The highest BCUT2D eigenvalue weighted by atomic mass is 16.6. The molecule has 0 aromatic heterocycles. The zero-order chi connectivity index (χ0) is 18.3. The molecule has 1 atom stereocenters. The Morgan fingerprint density at radius 3 is 2.40 bits per heavy atom. The van der Waals surface area contributed by atoms with Crippen LogP contribution in [0.1, 0.15) is 50.4 Å². The Hall–Kier alpha value is -1.59. The van der Waals surface area contributed by atoms with Gasteiger partial charge in [0, 0.05) is 18.8 Å². The Morgan fingerprint density at radius 2 is 1.72 bits per heavy atom. The van der Waals surface area contributed by atoms with E-state index in [9.17, 15) is 4.79 Å². The summed E-state index contributed by atoms with van der Waals surface area (Å²) < 4.78 is 16.1. The second-order valence-electron chi connectivity index (χ2n) is 6.19. The van der Waals surface area contributed by atoms with Crippen molar-refractivity contribution in [3.63, 3.8) is 0 Å². The smallest absolute Gasteiger partial charge is 0.338 e. The number of ether oxygens (including phenoxy) is 3. The van der Waals surface area contributed by atoms with Gasteiger partial charge in [0.25, 0.3) is 0 Å². The van der Waals surface area contributed by atoms with Crippen molar-refractivity contribution >= 4 is 11.7 Å². The lowest BCUT2D eigenvalue weighted by Crippen LogP contribution is -2.14. The van der Waals surface area contributed by atoms with Gasteiger partial charge in [0.1, 0.15) is 6.61 Å². The molecule has 0 aliphatic heterocycles. The lowest BCUT2D eigenvalue weighted by molar-refractivity contribution is 0.00973. The van der Waals surface area contributed by atoms with Crippen molar-refractivity contribution in [1.29, 1.82) is 0 Å². The summed E-state index contributed by atoms with van der Waals surface area (Å²) in [5.74, 6) is 0.255. The van der Waals surface area contributed by atoms with Gasteiger partial charge in [-0.1, -0.05) is 33.6 Å². The van der Waals surface area contributed by atoms with Crippen LogP contribution < -0.4 is 5.32 Å². The summed E-state index contributed by atoms with van der Waals surface area (Å²) in [6, 6.07) is 7.36. The first-order valence-corrected chi connectivity index (χ1v) is 9.33. The maximum atomic E-state index is 11.9. The van der Waals surface area contributed by atoms with E-state index in [0.717, 1.165) is 38.1 Å². The van der Waals surface area contributed by atoms with Gasteiger partial charge < -0.3 is 19.5 Å². The predicted octanol–water partition coefficient (Wildman–Crippen LogP) is 4.13. The second-order valence-corrected chi connectivity index (χ2v) is 6.19. The average Bonchev–Trinajstić information content (AvgIpc) is 2.64. The fraction of sp³-hybridized carbons (Fsp3) is 0.650. The van der Waals surface area contributed by atoms with E-state index in [1.54, 1.807) is 12.1 Å². The van der Waals surface area contributed by atoms with E-state index in [1.807, 2.05) is 12.1 Å². The number of carbonyl (C=O) groups is 1. The number of nitrogens with one attached hydrogen (secondary N) is 1. The molecule has 0 fully saturated rings. The number of esters is 1. The number of benzene rings is 1. The van der Waals surface area contributed by atoms with Crippen LogP contribution in [0.3, 0.4) is 0 Å². The SMILES string of the molecule is CCCCNc1ccc(C(=O)OCCOCCOCC(C)CC)cc1. The van der Waals surface area contributed by atoms with Crippen molar-refractivity contribution in [2.24, 2.45) is 5.92 Å². The summed E-state index contributed by atoms with van der Waals surface area (Å²) in [5, 5.41) is 3.31. The molecule has 0 aliphatic carbocycles. The molecule has 0 heterocycles. The van der Waals surface area contributed by atoms with Crippen LogP contribution in [0.4, 0.5) is 5.69 Å². The summed E-state index contributed by atoms with van der Waals surface area (Å²) in [5.41, 5.74) is 1.57. The van der Waals surface area contributed by atoms with E-state index < -0.39 is 0 Å². The molecule has 0 aliphatic rings. The minimum Gasteiger partial charge on any atom is -0.460 e. The first-order valence-electron chi connectivity index (χ1n) is 9.33. The third-order valence-electron chi connectivity index (χ3n) is 3.91. The Balaban J connectivity index is 2.10. The van der Waals surface area contributed by atoms with Gasteiger partial charge in [-0.3, -0.25) is 0 Å². The molecule has 0 radical (unpaired) electrons. The number of anilines is 1. The molecule has 25 heavy (non-hydrogen) atoms. The standard InChI is InChI=1S/C20H33NO4/c1-4-6-11-21-19-9-7-18(8-10-19)20(22)25-15-14-23-12-13-24-16-17(3)5-2/h7-10,17,21H,4-6,11-16H2,1-3H3. The molecular formula is C20H33NO4. The Morgan fingerprint density at radius 1 is 1.04 bits per heavy atom. The zero-order valence-corrected chi connectivity index (χ0v) is 15.9. The predicted molar refractivity (Wildman–Crippen MR) is 101 cm³/mol. The molecule has 1 unspecified atom stereocenters. The topological polar surface area (TPSA) is 56.8 Å². The highest BCUT2D eigenvalue weighted by molar-refractivity contribution is 5.89. The molecule has 142 valence electrons. The third-order valence-corrected chi connectivity index (χ3v) is 3.91. The van der Waals surface area contributed by atoms with Crippen LogP contribution in [-0.2, 0) is 14.2 Å². The molecular weight excluding hydrogens is 318 g/mol. The zero-order valence-electron chi connectivity index (χ0n) is 15.9. The molecule has 0 spiro atoms. The van der Waals surface area contributed by atoms with Crippen LogP contribution in [0, 0.1) is 5.92 Å². The summed E-state index contributed by atoms with van der Waals surface area (Å²) in [6.07, 6.45) is 3.41. The monoisotopic (exact) mass is 351 g/mol. The average molecular weight is 351 g/mol. The normalized spacial score (nSPS) is 12.0. The molecule has 0 bridgehead atoms. The molecule has 0 amide bonds. The number of unbranched alkanes of at least 4 members (excludes halogenated alkanes) is 1. The lowest BCUT2D eigenvalue weighted by Gasteiger charge is -2.10. The maximum absolute atomic E-state index is 11.9. The van der Waals surface area contributed by atoms with E-state index >= 15 is 0 Å². The van der Waals surface area contributed by atoms with Crippen molar-refractivity contribution in [3.8, 4) is 0 Å². The van der Waals surface area contributed by atoms with Crippen LogP contribution in [-0.4, -0.2) is 45.5 Å². The van der Waals surface area contributed by atoms with Crippen LogP contribution in [0.5, 0.6) is 0 Å². The lowest BCUT2D eigenvalue weighted by atomic mass is 10.1. The van der Waals surface area contributed by atoms with Crippen molar-refractivity contribution in [2.45, 2.75) is 40.0 Å².